The van der Waals surface area contributed by atoms with Gasteiger partial charge in [0.15, 0.2) is 0 Å². The molecule has 0 amide bonds. The summed E-state index contributed by atoms with van der Waals surface area (Å²) in [7, 11) is 0. The first-order valence-corrected chi connectivity index (χ1v) is 6.06. The van der Waals surface area contributed by atoms with Crippen molar-refractivity contribution in [3.63, 3.8) is 0 Å². The van der Waals surface area contributed by atoms with Gasteiger partial charge < -0.3 is 12.4 Å². The van der Waals surface area contributed by atoms with Crippen LogP contribution in [0.3, 0.4) is 0 Å². The highest BCUT2D eigenvalue weighted by molar-refractivity contribution is 5.12. The first kappa shape index (κ1) is 15.2. The van der Waals surface area contributed by atoms with Gasteiger partial charge in [-0.3, -0.25) is 0 Å². The van der Waals surface area contributed by atoms with E-state index in [4.69, 9.17) is 0 Å². The number of aryl methyl sites for hydroxylation is 1. The smallest absolute Gasteiger partial charge is 0.248 e. The molecule has 2 nitrogen and oxygen atoms in total. The third-order valence-electron chi connectivity index (χ3n) is 2.69. The van der Waals surface area contributed by atoms with Crippen LogP contribution in [0.4, 0.5) is 0 Å². The van der Waals surface area contributed by atoms with Crippen LogP contribution >= 0.6 is 0 Å². The maximum atomic E-state index is 3.72. The third kappa shape index (κ3) is 5.96. The standard InChI is InChI=1S/C13H23N2.ClH/c1-3-5-6-7-8-9-10-15-12-11-14(4-2)13-15;/h4,11-13H,2-3,5-10H2,1H3;1H/q+1;/p-1. The molecule has 0 fully saturated rings. The summed E-state index contributed by atoms with van der Waals surface area (Å²) >= 11 is 0. The fourth-order valence-corrected chi connectivity index (χ4v) is 1.73. The number of halogens is 1. The van der Waals surface area contributed by atoms with Crippen LogP contribution < -0.4 is 17.0 Å². The molecule has 1 aromatic heterocycles. The Morgan fingerprint density at radius 2 is 1.88 bits per heavy atom. The summed E-state index contributed by atoms with van der Waals surface area (Å²) in [6.07, 6.45) is 16.2. The molecule has 1 aromatic rings. The quantitative estimate of drug-likeness (QED) is 0.456. The highest BCUT2D eigenvalue weighted by Gasteiger charge is 1.99. The molecule has 0 radical (unpaired) electrons. The molecule has 0 aromatic carbocycles. The van der Waals surface area contributed by atoms with Crippen molar-refractivity contribution < 1.29 is 17.0 Å². The molecule has 1 heterocycles. The van der Waals surface area contributed by atoms with Crippen LogP contribution in [0, 0.1) is 0 Å². The molecular weight excluding hydrogens is 220 g/mol. The van der Waals surface area contributed by atoms with E-state index in [-0.39, 0.29) is 12.4 Å². The van der Waals surface area contributed by atoms with Gasteiger partial charge in [0.25, 0.3) is 0 Å². The third-order valence-corrected chi connectivity index (χ3v) is 2.69. The number of hydrogen-bond acceptors (Lipinski definition) is 0. The van der Waals surface area contributed by atoms with Gasteiger partial charge in [0.2, 0.25) is 6.33 Å². The van der Waals surface area contributed by atoms with Crippen molar-refractivity contribution in [1.29, 1.82) is 0 Å². The Balaban J connectivity index is 0.00000225. The molecular formula is C13H23ClN2. The number of nitrogens with zero attached hydrogens (tertiary/aromatic N) is 2. The highest BCUT2D eigenvalue weighted by Crippen LogP contribution is 2.04. The zero-order valence-corrected chi connectivity index (χ0v) is 11.0. The second-order valence-corrected chi connectivity index (χ2v) is 4.05. The zero-order chi connectivity index (χ0) is 10.9. The molecule has 0 saturated heterocycles. The van der Waals surface area contributed by atoms with E-state index in [0.717, 1.165) is 6.54 Å². The largest absolute Gasteiger partial charge is 1.00 e. The Kier molecular flexibility index (Phi) is 9.02. The minimum Gasteiger partial charge on any atom is -1.00 e. The molecule has 16 heavy (non-hydrogen) atoms. The van der Waals surface area contributed by atoms with E-state index in [2.05, 4.69) is 30.6 Å². The predicted octanol–water partition coefficient (Wildman–Crippen LogP) is 0.241. The number of hydrogen-bond donors (Lipinski definition) is 0. The van der Waals surface area contributed by atoms with E-state index in [1.54, 1.807) is 0 Å². The van der Waals surface area contributed by atoms with Gasteiger partial charge in [-0.05, 0) is 12.8 Å². The second-order valence-electron chi connectivity index (χ2n) is 4.05. The van der Waals surface area contributed by atoms with E-state index in [1.807, 2.05) is 17.0 Å². The Morgan fingerprint density at radius 1 is 1.19 bits per heavy atom. The fourth-order valence-electron chi connectivity index (χ4n) is 1.73. The Hall–Kier alpha value is -0.760. The van der Waals surface area contributed by atoms with Gasteiger partial charge in [0.1, 0.15) is 12.4 Å². The first-order valence-electron chi connectivity index (χ1n) is 6.06. The topological polar surface area (TPSA) is 8.81 Å². The normalized spacial score (nSPS) is 9.81. The molecule has 92 valence electrons. The van der Waals surface area contributed by atoms with E-state index < -0.39 is 0 Å². The average molecular weight is 243 g/mol. The second kappa shape index (κ2) is 9.46. The minimum atomic E-state index is 0. The maximum absolute atomic E-state index is 3.72. The lowest BCUT2D eigenvalue weighted by molar-refractivity contribution is -0.696. The monoisotopic (exact) mass is 242 g/mol. The van der Waals surface area contributed by atoms with Crippen molar-refractivity contribution in [2.75, 3.05) is 0 Å². The summed E-state index contributed by atoms with van der Waals surface area (Å²) in [6, 6.07) is 0. The summed E-state index contributed by atoms with van der Waals surface area (Å²) in [5, 5.41) is 0. The Bertz CT molecular complexity index is 281. The van der Waals surface area contributed by atoms with Crippen molar-refractivity contribution >= 4 is 6.20 Å². The van der Waals surface area contributed by atoms with Gasteiger partial charge in [-0.15, -0.1) is 0 Å². The summed E-state index contributed by atoms with van der Waals surface area (Å²) < 4.78 is 4.21. The minimum absolute atomic E-state index is 0. The van der Waals surface area contributed by atoms with Gasteiger partial charge >= 0.3 is 0 Å². The fraction of sp³-hybridized carbons (Fsp3) is 0.615. The van der Waals surface area contributed by atoms with Gasteiger partial charge in [-0.2, -0.15) is 0 Å². The highest BCUT2D eigenvalue weighted by atomic mass is 35.5. The van der Waals surface area contributed by atoms with E-state index in [0.29, 0.717) is 0 Å². The Morgan fingerprint density at radius 3 is 2.50 bits per heavy atom. The van der Waals surface area contributed by atoms with Crippen molar-refractivity contribution in [1.82, 2.24) is 4.57 Å². The van der Waals surface area contributed by atoms with Crippen molar-refractivity contribution in [3.8, 4) is 0 Å². The lowest BCUT2D eigenvalue weighted by atomic mass is 10.1. The van der Waals surface area contributed by atoms with Crippen LogP contribution in [0.15, 0.2) is 25.3 Å². The van der Waals surface area contributed by atoms with Crippen LogP contribution in [0.2, 0.25) is 0 Å². The SMILES string of the molecule is C=Cn1cc[n+](CCCCCCCC)c1.[Cl-]. The molecule has 0 unspecified atom stereocenters. The van der Waals surface area contributed by atoms with E-state index in [9.17, 15) is 0 Å². The van der Waals surface area contributed by atoms with Gasteiger partial charge in [0, 0.05) is 0 Å². The van der Waals surface area contributed by atoms with E-state index >= 15 is 0 Å². The molecule has 0 N–H and O–H groups in total. The molecule has 0 saturated carbocycles. The number of unbranched alkanes of at least 4 members (excludes halogenated alkanes) is 5. The van der Waals surface area contributed by atoms with E-state index in [1.165, 1.54) is 38.5 Å². The summed E-state index contributed by atoms with van der Waals surface area (Å²) in [4.78, 5) is 0. The van der Waals surface area contributed by atoms with Crippen LogP contribution in [0.5, 0.6) is 0 Å². The summed E-state index contributed by atoms with van der Waals surface area (Å²) in [5.74, 6) is 0. The Labute approximate surface area is 105 Å². The van der Waals surface area contributed by atoms with Gasteiger partial charge in [0.05, 0.1) is 12.7 Å². The molecule has 0 aliphatic carbocycles. The number of imidazole rings is 1. The maximum Gasteiger partial charge on any atom is 0.248 e. The number of aromatic nitrogens is 2. The summed E-state index contributed by atoms with van der Waals surface area (Å²) in [6.45, 7) is 7.11. The van der Waals surface area contributed by atoms with Gasteiger partial charge in [-0.25, -0.2) is 9.13 Å². The predicted molar refractivity (Wildman–Crippen MR) is 64.4 cm³/mol. The molecule has 0 bridgehead atoms. The summed E-state index contributed by atoms with van der Waals surface area (Å²) in [5.41, 5.74) is 0. The molecule has 1 rings (SSSR count). The van der Waals surface area contributed by atoms with Crippen LogP contribution in [0.1, 0.15) is 45.4 Å². The van der Waals surface area contributed by atoms with Crippen LogP contribution in [0.25, 0.3) is 6.20 Å². The van der Waals surface area contributed by atoms with Crippen LogP contribution in [-0.2, 0) is 6.54 Å². The van der Waals surface area contributed by atoms with Gasteiger partial charge in [-0.1, -0.05) is 39.2 Å². The molecule has 0 aliphatic rings. The number of rotatable bonds is 8. The van der Waals surface area contributed by atoms with Crippen molar-refractivity contribution in [2.24, 2.45) is 0 Å². The molecule has 0 aliphatic heterocycles. The van der Waals surface area contributed by atoms with Crippen LogP contribution in [-0.4, -0.2) is 4.57 Å². The lowest BCUT2D eigenvalue weighted by Crippen LogP contribution is -3.00. The average Bonchev–Trinajstić information content (AvgIpc) is 2.71. The molecule has 0 spiro atoms. The van der Waals surface area contributed by atoms with Crippen molar-refractivity contribution in [3.05, 3.63) is 25.3 Å². The molecule has 3 heteroatoms. The zero-order valence-electron chi connectivity index (χ0n) is 10.2. The first-order chi connectivity index (χ1) is 7.36. The lowest BCUT2D eigenvalue weighted by Gasteiger charge is -1.98. The molecule has 0 atom stereocenters. The van der Waals surface area contributed by atoms with Crippen molar-refractivity contribution in [2.45, 2.75) is 52.0 Å².